The minimum absolute atomic E-state index is 0.431. The fraction of sp³-hybridized carbons (Fsp3) is 0.0303. The number of aromatic nitrogens is 2. The van der Waals surface area contributed by atoms with Crippen LogP contribution in [0.15, 0.2) is 126 Å². The van der Waals surface area contributed by atoms with E-state index in [1.54, 1.807) is 0 Å². The van der Waals surface area contributed by atoms with Crippen LogP contribution in [-0.4, -0.2) is 15.4 Å². The zero-order valence-corrected chi connectivity index (χ0v) is 20.2. The Morgan fingerprint density at radius 3 is 2.16 bits per heavy atom. The van der Waals surface area contributed by atoms with Crippen LogP contribution in [0.3, 0.4) is 0 Å². The van der Waals surface area contributed by atoms with Crippen LogP contribution in [0, 0.1) is 0 Å². The standard InChI is InChI=1S/C33H24N4/c34-33(35-21-24-12-7-11-22-9-1-3-13-25(22)24)28-16-8-18-31(36-28)37-29-17-6-5-15-27(29)32-26-14-4-2-10-23(26)19-20-30(32)37/h1-20H,21H2,(H2,34,35). The van der Waals surface area contributed by atoms with Gasteiger partial charge in [0.1, 0.15) is 17.3 Å². The van der Waals surface area contributed by atoms with E-state index in [9.17, 15) is 0 Å². The van der Waals surface area contributed by atoms with Crippen LogP contribution < -0.4 is 5.73 Å². The van der Waals surface area contributed by atoms with Crippen molar-refractivity contribution in [1.82, 2.24) is 9.55 Å². The van der Waals surface area contributed by atoms with Gasteiger partial charge in [0.2, 0.25) is 0 Å². The Balaban J connectivity index is 1.34. The molecule has 0 aliphatic heterocycles. The molecule has 2 N–H and O–H groups in total. The number of hydrogen-bond acceptors (Lipinski definition) is 2. The minimum Gasteiger partial charge on any atom is -0.382 e. The number of nitrogens with zero attached hydrogens (tertiary/aromatic N) is 3. The zero-order valence-electron chi connectivity index (χ0n) is 20.2. The Labute approximate surface area is 214 Å². The van der Waals surface area contributed by atoms with Crippen LogP contribution in [0.2, 0.25) is 0 Å². The Kier molecular flexibility index (Phi) is 4.96. The summed E-state index contributed by atoms with van der Waals surface area (Å²) in [5.74, 6) is 1.25. The fourth-order valence-corrected chi connectivity index (χ4v) is 5.36. The van der Waals surface area contributed by atoms with E-state index >= 15 is 0 Å². The molecule has 0 aliphatic rings. The van der Waals surface area contributed by atoms with Gasteiger partial charge in [0.25, 0.3) is 0 Å². The number of pyridine rings is 1. The largest absolute Gasteiger partial charge is 0.382 e. The van der Waals surface area contributed by atoms with Gasteiger partial charge in [-0.15, -0.1) is 0 Å². The fourth-order valence-electron chi connectivity index (χ4n) is 5.36. The maximum Gasteiger partial charge on any atom is 0.145 e. The molecule has 0 aliphatic carbocycles. The first-order chi connectivity index (χ1) is 18.3. The van der Waals surface area contributed by atoms with Crippen molar-refractivity contribution in [2.45, 2.75) is 6.54 Å². The first-order valence-electron chi connectivity index (χ1n) is 12.4. The molecule has 0 amide bonds. The molecule has 37 heavy (non-hydrogen) atoms. The quantitative estimate of drug-likeness (QED) is 0.213. The van der Waals surface area contributed by atoms with Crippen molar-refractivity contribution < 1.29 is 0 Å². The van der Waals surface area contributed by atoms with Crippen LogP contribution in [0.5, 0.6) is 0 Å². The summed E-state index contributed by atoms with van der Waals surface area (Å²) in [6, 6.07) is 42.0. The molecule has 0 unspecified atom stereocenters. The third-order valence-corrected chi connectivity index (χ3v) is 7.09. The summed E-state index contributed by atoms with van der Waals surface area (Å²) in [5, 5.41) is 7.30. The lowest BCUT2D eigenvalue weighted by Crippen LogP contribution is -2.16. The second-order valence-electron chi connectivity index (χ2n) is 9.25. The molecule has 0 radical (unpaired) electrons. The van der Waals surface area contributed by atoms with E-state index in [0.717, 1.165) is 22.4 Å². The number of rotatable bonds is 4. The van der Waals surface area contributed by atoms with Crippen molar-refractivity contribution in [3.8, 4) is 5.82 Å². The molecule has 0 bridgehead atoms. The highest BCUT2D eigenvalue weighted by atomic mass is 15.1. The van der Waals surface area contributed by atoms with Crippen molar-refractivity contribution in [2.24, 2.45) is 10.7 Å². The van der Waals surface area contributed by atoms with Crippen LogP contribution in [0.1, 0.15) is 11.3 Å². The molecule has 2 heterocycles. The molecule has 0 saturated carbocycles. The molecule has 4 heteroatoms. The molecule has 4 nitrogen and oxygen atoms in total. The zero-order chi connectivity index (χ0) is 24.8. The van der Waals surface area contributed by atoms with E-state index in [-0.39, 0.29) is 0 Å². The van der Waals surface area contributed by atoms with Crippen molar-refractivity contribution in [2.75, 3.05) is 0 Å². The number of hydrogen-bond donors (Lipinski definition) is 1. The summed E-state index contributed by atoms with van der Waals surface area (Å²) in [7, 11) is 0. The first kappa shape index (κ1) is 21.3. The van der Waals surface area contributed by atoms with Crippen LogP contribution in [0.4, 0.5) is 0 Å². The lowest BCUT2D eigenvalue weighted by Gasteiger charge is -2.10. The van der Waals surface area contributed by atoms with Gasteiger partial charge in [0.05, 0.1) is 17.6 Å². The Hall–Kier alpha value is -4.96. The summed E-state index contributed by atoms with van der Waals surface area (Å²) in [4.78, 5) is 9.70. The van der Waals surface area contributed by atoms with Crippen molar-refractivity contribution >= 4 is 49.2 Å². The minimum atomic E-state index is 0.431. The first-order valence-corrected chi connectivity index (χ1v) is 12.4. The lowest BCUT2D eigenvalue weighted by atomic mass is 10.0. The molecule has 0 saturated heterocycles. The van der Waals surface area contributed by atoms with Gasteiger partial charge in [-0.25, -0.2) is 4.98 Å². The van der Waals surface area contributed by atoms with Crippen molar-refractivity contribution in [1.29, 1.82) is 0 Å². The van der Waals surface area contributed by atoms with Gasteiger partial charge in [-0.2, -0.15) is 0 Å². The second-order valence-corrected chi connectivity index (χ2v) is 9.25. The van der Waals surface area contributed by atoms with Gasteiger partial charge in [0, 0.05) is 10.8 Å². The molecule has 0 atom stereocenters. The maximum atomic E-state index is 6.49. The number of para-hydroxylation sites is 1. The molecule has 2 aromatic heterocycles. The summed E-state index contributed by atoms with van der Waals surface area (Å²) in [5.41, 5.74) is 10.5. The summed E-state index contributed by atoms with van der Waals surface area (Å²) >= 11 is 0. The highest BCUT2D eigenvalue weighted by Gasteiger charge is 2.15. The molecular formula is C33H24N4. The third-order valence-electron chi connectivity index (χ3n) is 7.09. The van der Waals surface area contributed by atoms with Gasteiger partial charge >= 0.3 is 0 Å². The van der Waals surface area contributed by atoms with Crippen molar-refractivity contribution in [3.05, 3.63) is 133 Å². The predicted molar refractivity (Wildman–Crippen MR) is 154 cm³/mol. The van der Waals surface area contributed by atoms with E-state index in [0.29, 0.717) is 18.1 Å². The van der Waals surface area contributed by atoms with Crippen molar-refractivity contribution in [3.63, 3.8) is 0 Å². The Morgan fingerprint density at radius 1 is 0.622 bits per heavy atom. The third kappa shape index (κ3) is 3.54. The number of fused-ring (bicyclic) bond motifs is 6. The molecule has 7 aromatic rings. The summed E-state index contributed by atoms with van der Waals surface area (Å²) < 4.78 is 2.22. The molecule has 176 valence electrons. The Bertz CT molecular complexity index is 1970. The van der Waals surface area contributed by atoms with Gasteiger partial charge in [-0.1, -0.05) is 97.1 Å². The van der Waals surface area contributed by atoms with Gasteiger partial charge in [0.15, 0.2) is 0 Å². The average molecular weight is 477 g/mol. The molecule has 0 fully saturated rings. The normalized spacial score (nSPS) is 12.2. The highest BCUT2D eigenvalue weighted by molar-refractivity contribution is 6.21. The number of aliphatic imine (C=N–C) groups is 1. The molecule has 5 aromatic carbocycles. The average Bonchev–Trinajstić information content (AvgIpc) is 3.31. The number of amidine groups is 1. The topological polar surface area (TPSA) is 56.2 Å². The van der Waals surface area contributed by atoms with E-state index in [4.69, 9.17) is 15.7 Å². The highest BCUT2D eigenvalue weighted by Crippen LogP contribution is 2.36. The Morgan fingerprint density at radius 2 is 1.30 bits per heavy atom. The van der Waals surface area contributed by atoms with Crippen LogP contribution in [0.25, 0.3) is 49.2 Å². The van der Waals surface area contributed by atoms with E-state index in [1.807, 2.05) is 18.2 Å². The predicted octanol–water partition coefficient (Wildman–Crippen LogP) is 7.39. The van der Waals surface area contributed by atoms with E-state index < -0.39 is 0 Å². The number of benzene rings is 5. The van der Waals surface area contributed by atoms with E-state index in [2.05, 4.69) is 108 Å². The lowest BCUT2D eigenvalue weighted by molar-refractivity contribution is 1.05. The SMILES string of the molecule is NC(=NCc1cccc2ccccc12)c1cccc(-n2c3ccccc3c3c4ccccc4ccc32)n1. The second kappa shape index (κ2) is 8.61. The van der Waals surface area contributed by atoms with Gasteiger partial charge < -0.3 is 5.73 Å². The van der Waals surface area contributed by atoms with Gasteiger partial charge in [-0.3, -0.25) is 9.56 Å². The monoisotopic (exact) mass is 476 g/mol. The smallest absolute Gasteiger partial charge is 0.145 e. The summed E-state index contributed by atoms with van der Waals surface area (Å²) in [6.07, 6.45) is 0. The van der Waals surface area contributed by atoms with Crippen LogP contribution >= 0.6 is 0 Å². The van der Waals surface area contributed by atoms with E-state index in [1.165, 1.54) is 32.3 Å². The van der Waals surface area contributed by atoms with Crippen LogP contribution in [-0.2, 0) is 6.54 Å². The molecule has 0 spiro atoms. The maximum absolute atomic E-state index is 6.49. The van der Waals surface area contributed by atoms with Gasteiger partial charge in [-0.05, 0) is 51.4 Å². The number of nitrogens with two attached hydrogens (primary N) is 1. The molecule has 7 rings (SSSR count). The molecular weight excluding hydrogens is 452 g/mol. The summed E-state index contributed by atoms with van der Waals surface area (Å²) in [6.45, 7) is 0.500.